The highest BCUT2D eigenvalue weighted by molar-refractivity contribution is 5.92. The summed E-state index contributed by atoms with van der Waals surface area (Å²) in [6, 6.07) is 0. The lowest BCUT2D eigenvalue weighted by molar-refractivity contribution is -0.136. The molecule has 1 aliphatic carbocycles. The van der Waals surface area contributed by atoms with E-state index in [9.17, 15) is 9.59 Å². The predicted molar refractivity (Wildman–Crippen MR) is 71.4 cm³/mol. The van der Waals surface area contributed by atoms with E-state index in [0.717, 1.165) is 25.7 Å². The van der Waals surface area contributed by atoms with E-state index < -0.39 is 17.7 Å². The van der Waals surface area contributed by atoms with Crippen molar-refractivity contribution in [1.29, 1.82) is 0 Å². The lowest BCUT2D eigenvalue weighted by atomic mass is 10.1. The molecule has 1 N–H and O–H groups in total. The minimum atomic E-state index is -0.637. The monoisotopic (exact) mass is 269 g/mol. The average Bonchev–Trinajstić information content (AvgIpc) is 2.77. The van der Waals surface area contributed by atoms with E-state index in [4.69, 9.17) is 4.74 Å². The number of hydrogen-bond acceptors (Lipinski definition) is 4. The zero-order chi connectivity index (χ0) is 14.5. The number of carbonyl (C=O) groups excluding carboxylic acids is 2. The number of nitrogens with one attached hydrogen (secondary N) is 1. The maximum atomic E-state index is 11.7. The van der Waals surface area contributed by atoms with Crippen molar-refractivity contribution in [3.05, 3.63) is 11.8 Å². The first-order chi connectivity index (χ1) is 8.81. The van der Waals surface area contributed by atoms with Crippen molar-refractivity contribution in [3.63, 3.8) is 0 Å². The van der Waals surface area contributed by atoms with Gasteiger partial charge in [-0.25, -0.2) is 9.59 Å². The van der Waals surface area contributed by atoms with Crippen LogP contribution in [0.15, 0.2) is 11.8 Å². The Hall–Kier alpha value is -1.52. The van der Waals surface area contributed by atoms with Gasteiger partial charge in [0.15, 0.2) is 0 Å². The van der Waals surface area contributed by atoms with Crippen LogP contribution < -0.4 is 5.32 Å². The molecule has 0 aromatic rings. The number of hydrogen-bond donors (Lipinski definition) is 1. The van der Waals surface area contributed by atoms with Crippen molar-refractivity contribution in [2.45, 2.75) is 52.1 Å². The van der Waals surface area contributed by atoms with Gasteiger partial charge in [0.05, 0.1) is 7.11 Å². The van der Waals surface area contributed by atoms with E-state index in [1.165, 1.54) is 7.11 Å². The Morgan fingerprint density at radius 3 is 2.26 bits per heavy atom. The molecule has 5 heteroatoms. The number of ether oxygens (including phenoxy) is 2. The molecule has 0 radical (unpaired) electrons. The molecule has 0 saturated heterocycles. The van der Waals surface area contributed by atoms with E-state index in [1.807, 2.05) is 0 Å². The number of carbonyl (C=O) groups is 2. The highest BCUT2D eigenvalue weighted by Crippen LogP contribution is 2.26. The first-order valence-electron chi connectivity index (χ1n) is 6.62. The molecule has 1 aliphatic rings. The van der Waals surface area contributed by atoms with Gasteiger partial charge in [-0.1, -0.05) is 18.9 Å². The van der Waals surface area contributed by atoms with Crippen LogP contribution in [-0.2, 0) is 14.3 Å². The quantitative estimate of drug-likeness (QED) is 0.632. The Balaban J connectivity index is 2.69. The second-order valence-corrected chi connectivity index (χ2v) is 5.74. The lowest BCUT2D eigenvalue weighted by Gasteiger charge is -2.20. The number of alkyl carbamates (subject to hydrolysis) is 1. The highest BCUT2D eigenvalue weighted by atomic mass is 16.6. The van der Waals surface area contributed by atoms with Crippen molar-refractivity contribution in [2.24, 2.45) is 5.92 Å². The molecule has 0 spiro atoms. The minimum absolute atomic E-state index is 0.170. The smallest absolute Gasteiger partial charge is 0.412 e. The van der Waals surface area contributed by atoms with E-state index in [1.54, 1.807) is 26.8 Å². The predicted octanol–water partition coefficient (Wildman–Crippen LogP) is 2.76. The van der Waals surface area contributed by atoms with Crippen molar-refractivity contribution in [3.8, 4) is 0 Å². The summed E-state index contributed by atoms with van der Waals surface area (Å²) >= 11 is 0. The molecule has 0 heterocycles. The summed E-state index contributed by atoms with van der Waals surface area (Å²) in [5.41, 5.74) is -0.428. The van der Waals surface area contributed by atoms with Gasteiger partial charge in [-0.2, -0.15) is 0 Å². The Kier molecular flexibility index (Phi) is 5.39. The van der Waals surface area contributed by atoms with E-state index in [2.05, 4.69) is 10.1 Å². The van der Waals surface area contributed by atoms with E-state index in [0.29, 0.717) is 5.92 Å². The molecule has 19 heavy (non-hydrogen) atoms. The molecule has 1 rings (SSSR count). The topological polar surface area (TPSA) is 64.6 Å². The number of allylic oxidation sites excluding steroid dienone is 1. The fraction of sp³-hybridized carbons (Fsp3) is 0.714. The Bertz CT molecular complexity index is 362. The van der Waals surface area contributed by atoms with Gasteiger partial charge >= 0.3 is 12.1 Å². The molecule has 0 unspecified atom stereocenters. The number of esters is 1. The Morgan fingerprint density at radius 2 is 1.79 bits per heavy atom. The Morgan fingerprint density at radius 1 is 1.21 bits per heavy atom. The fourth-order valence-corrected chi connectivity index (χ4v) is 2.04. The molecule has 5 nitrogen and oxygen atoms in total. The zero-order valence-electron chi connectivity index (χ0n) is 12.1. The summed E-state index contributed by atoms with van der Waals surface area (Å²) in [7, 11) is 1.29. The van der Waals surface area contributed by atoms with Crippen LogP contribution in [0, 0.1) is 5.92 Å². The molecule has 0 aromatic carbocycles. The molecular weight excluding hydrogens is 246 g/mol. The molecule has 0 aliphatic heterocycles. The van der Waals surface area contributed by atoms with E-state index >= 15 is 0 Å². The number of amides is 1. The fourth-order valence-electron chi connectivity index (χ4n) is 2.04. The maximum absolute atomic E-state index is 11.7. The first kappa shape index (κ1) is 15.5. The second-order valence-electron chi connectivity index (χ2n) is 5.74. The van der Waals surface area contributed by atoms with Gasteiger partial charge in [-0.15, -0.1) is 0 Å². The van der Waals surface area contributed by atoms with Gasteiger partial charge in [0.25, 0.3) is 0 Å². The third-order valence-electron chi connectivity index (χ3n) is 2.84. The van der Waals surface area contributed by atoms with Crippen LogP contribution in [-0.4, -0.2) is 24.8 Å². The number of rotatable bonds is 3. The molecule has 0 atom stereocenters. The number of methoxy groups -OCH3 is 1. The van der Waals surface area contributed by atoms with Gasteiger partial charge in [-0.05, 0) is 39.5 Å². The molecule has 108 valence electrons. The normalized spacial score (nSPS) is 17.2. The van der Waals surface area contributed by atoms with Crippen LogP contribution >= 0.6 is 0 Å². The molecule has 1 amide bonds. The van der Waals surface area contributed by atoms with Gasteiger partial charge in [0.2, 0.25) is 0 Å². The molecule has 1 fully saturated rings. The standard InChI is InChI=1S/C14H23NO4/c1-14(2,3)19-13(17)15-11(12(16)18-4)9-10-7-5-6-8-10/h9-10H,5-8H2,1-4H3,(H,15,17). The van der Waals surface area contributed by atoms with E-state index in [-0.39, 0.29) is 5.70 Å². The van der Waals surface area contributed by atoms with Crippen molar-refractivity contribution < 1.29 is 19.1 Å². The van der Waals surface area contributed by atoms with Crippen LogP contribution in [0.4, 0.5) is 4.79 Å². The van der Waals surface area contributed by atoms with Crippen LogP contribution in [0.3, 0.4) is 0 Å². The third kappa shape index (κ3) is 5.77. The summed E-state index contributed by atoms with van der Waals surface area (Å²) in [6.07, 6.45) is 5.53. The van der Waals surface area contributed by atoms with Crippen molar-refractivity contribution in [1.82, 2.24) is 5.32 Å². The van der Waals surface area contributed by atoms with Gasteiger partial charge in [0, 0.05) is 0 Å². The lowest BCUT2D eigenvalue weighted by Crippen LogP contribution is -2.34. The molecule has 1 saturated carbocycles. The van der Waals surface area contributed by atoms with Crippen LogP contribution in [0.5, 0.6) is 0 Å². The average molecular weight is 269 g/mol. The summed E-state index contributed by atoms with van der Waals surface area (Å²) in [5.74, 6) is -0.221. The molecule has 0 bridgehead atoms. The summed E-state index contributed by atoms with van der Waals surface area (Å²) in [6.45, 7) is 5.31. The van der Waals surface area contributed by atoms with Gasteiger partial charge in [0.1, 0.15) is 11.3 Å². The maximum Gasteiger partial charge on any atom is 0.412 e. The second kappa shape index (κ2) is 6.59. The SMILES string of the molecule is COC(=O)C(=CC1CCCC1)NC(=O)OC(C)(C)C. The minimum Gasteiger partial charge on any atom is -0.464 e. The Labute approximate surface area is 114 Å². The van der Waals surface area contributed by atoms with Gasteiger partial charge in [-0.3, -0.25) is 5.32 Å². The molecule has 0 aromatic heterocycles. The largest absolute Gasteiger partial charge is 0.464 e. The van der Waals surface area contributed by atoms with Crippen LogP contribution in [0.2, 0.25) is 0 Å². The summed E-state index contributed by atoms with van der Waals surface area (Å²) in [5, 5.41) is 2.48. The summed E-state index contributed by atoms with van der Waals surface area (Å²) in [4.78, 5) is 23.3. The van der Waals surface area contributed by atoms with Crippen molar-refractivity contribution in [2.75, 3.05) is 7.11 Å². The van der Waals surface area contributed by atoms with Crippen molar-refractivity contribution >= 4 is 12.1 Å². The first-order valence-corrected chi connectivity index (χ1v) is 6.62. The van der Waals surface area contributed by atoms with Gasteiger partial charge < -0.3 is 9.47 Å². The molecular formula is C14H23NO4. The highest BCUT2D eigenvalue weighted by Gasteiger charge is 2.22. The van der Waals surface area contributed by atoms with Crippen LogP contribution in [0.25, 0.3) is 0 Å². The summed E-state index contributed by atoms with van der Waals surface area (Å²) < 4.78 is 9.80. The van der Waals surface area contributed by atoms with Crippen LogP contribution in [0.1, 0.15) is 46.5 Å². The third-order valence-corrected chi connectivity index (χ3v) is 2.84. The zero-order valence-corrected chi connectivity index (χ0v) is 12.1.